The molecule has 0 radical (unpaired) electrons. The van der Waals surface area contributed by atoms with E-state index >= 15 is 0 Å². The van der Waals surface area contributed by atoms with Crippen LogP contribution in [0.2, 0.25) is 0 Å². The highest BCUT2D eigenvalue weighted by atomic mass is 16.6. The van der Waals surface area contributed by atoms with Crippen molar-refractivity contribution in [3.63, 3.8) is 0 Å². The van der Waals surface area contributed by atoms with E-state index in [1.54, 1.807) is 24.3 Å². The van der Waals surface area contributed by atoms with Crippen LogP contribution in [0.25, 0.3) is 0 Å². The van der Waals surface area contributed by atoms with Gasteiger partial charge < -0.3 is 19.5 Å². The van der Waals surface area contributed by atoms with Crippen molar-refractivity contribution in [1.29, 1.82) is 0 Å². The average molecular weight is 264 g/mol. The molecule has 1 atom stereocenters. The molecule has 2 rings (SSSR count). The van der Waals surface area contributed by atoms with Crippen LogP contribution in [0.15, 0.2) is 24.3 Å². The molecule has 0 aromatic heterocycles. The maximum absolute atomic E-state index is 9.05. The lowest BCUT2D eigenvalue weighted by molar-refractivity contribution is -0.0846. The summed E-state index contributed by atoms with van der Waals surface area (Å²) < 4.78 is 12.0. The first-order valence-corrected chi connectivity index (χ1v) is 6.52. The van der Waals surface area contributed by atoms with Crippen LogP contribution in [0, 0.1) is 0 Å². The van der Waals surface area contributed by atoms with Crippen LogP contribution >= 0.6 is 0 Å². The minimum absolute atomic E-state index is 0.0209. The third kappa shape index (κ3) is 3.29. The molecule has 2 N–H and O–H groups in total. The minimum atomic E-state index is -1.45. The molecule has 1 aliphatic rings. The van der Waals surface area contributed by atoms with Gasteiger partial charge in [-0.1, -0.05) is 12.1 Å². The fourth-order valence-electron chi connectivity index (χ4n) is 2.58. The van der Waals surface area contributed by atoms with Crippen molar-refractivity contribution < 1.29 is 19.5 Å². The molecule has 104 valence electrons. The van der Waals surface area contributed by atoms with Gasteiger partial charge in [0, 0.05) is 6.42 Å². The van der Waals surface area contributed by atoms with Gasteiger partial charge in [0.25, 0.3) is 0 Å². The summed E-state index contributed by atoms with van der Waals surface area (Å²) in [6, 6.07) is 6.79. The lowest BCUT2D eigenvalue weighted by Gasteiger charge is -2.27. The third-order valence-electron chi connectivity index (χ3n) is 3.45. The topological polar surface area (TPSA) is 58.9 Å². The predicted molar refractivity (Wildman–Crippen MR) is 74.5 cm³/mol. The first-order chi connectivity index (χ1) is 8.70. The molecule has 1 unspecified atom stereocenters. The summed E-state index contributed by atoms with van der Waals surface area (Å²) in [7, 11) is -1.45. The Labute approximate surface area is 114 Å². The lowest BCUT2D eigenvalue weighted by Crippen LogP contribution is -2.37. The second kappa shape index (κ2) is 4.82. The molecule has 0 spiro atoms. The normalized spacial score (nSPS) is 24.2. The Morgan fingerprint density at radius 2 is 1.74 bits per heavy atom. The van der Waals surface area contributed by atoms with Crippen molar-refractivity contribution >= 4 is 12.6 Å². The summed E-state index contributed by atoms with van der Waals surface area (Å²) in [4.78, 5) is 0. The van der Waals surface area contributed by atoms with E-state index in [9.17, 15) is 0 Å². The second-order valence-electron chi connectivity index (χ2n) is 6.22. The average Bonchev–Trinajstić information content (AvgIpc) is 2.47. The van der Waals surface area contributed by atoms with Gasteiger partial charge in [0.05, 0.1) is 5.60 Å². The maximum atomic E-state index is 9.05. The van der Waals surface area contributed by atoms with E-state index in [4.69, 9.17) is 19.5 Å². The molecule has 0 saturated carbocycles. The van der Waals surface area contributed by atoms with Crippen LogP contribution in [-0.4, -0.2) is 34.5 Å². The van der Waals surface area contributed by atoms with E-state index in [1.165, 1.54) is 0 Å². The van der Waals surface area contributed by atoms with Crippen LogP contribution in [0.3, 0.4) is 0 Å². The molecule has 1 heterocycles. The van der Waals surface area contributed by atoms with Gasteiger partial charge in [-0.3, -0.25) is 0 Å². The lowest BCUT2D eigenvalue weighted by atomic mass is 9.80. The number of hydrogen-bond acceptors (Lipinski definition) is 4. The van der Waals surface area contributed by atoms with Gasteiger partial charge in [-0.05, 0) is 45.3 Å². The van der Waals surface area contributed by atoms with Gasteiger partial charge in [-0.2, -0.15) is 0 Å². The fraction of sp³-hybridized carbons (Fsp3) is 0.571. The van der Waals surface area contributed by atoms with Crippen LogP contribution in [0.5, 0.6) is 5.75 Å². The van der Waals surface area contributed by atoms with Gasteiger partial charge in [0.15, 0.2) is 0 Å². The maximum Gasteiger partial charge on any atom is 0.488 e. The van der Waals surface area contributed by atoms with Crippen molar-refractivity contribution in [3.05, 3.63) is 24.3 Å². The van der Waals surface area contributed by atoms with E-state index in [1.807, 2.05) is 13.8 Å². The molecular formula is C14H21BO4. The molecule has 4 nitrogen and oxygen atoms in total. The van der Waals surface area contributed by atoms with Crippen LogP contribution in [0.1, 0.15) is 34.1 Å². The second-order valence-corrected chi connectivity index (χ2v) is 6.22. The highest BCUT2D eigenvalue weighted by Crippen LogP contribution is 2.39. The van der Waals surface area contributed by atoms with Gasteiger partial charge in [-0.25, -0.2) is 0 Å². The molecule has 0 bridgehead atoms. The number of hydrogen-bond donors (Lipinski definition) is 2. The molecule has 1 fully saturated rings. The van der Waals surface area contributed by atoms with Crippen molar-refractivity contribution in [1.82, 2.24) is 0 Å². The minimum Gasteiger partial charge on any atom is -0.487 e. The first kappa shape index (κ1) is 14.4. The zero-order chi connectivity index (χ0) is 14.3. The zero-order valence-electron chi connectivity index (χ0n) is 11.9. The van der Waals surface area contributed by atoms with E-state index in [0.717, 1.165) is 6.42 Å². The molecule has 19 heavy (non-hydrogen) atoms. The van der Waals surface area contributed by atoms with E-state index < -0.39 is 7.12 Å². The quantitative estimate of drug-likeness (QED) is 0.802. The monoisotopic (exact) mass is 264 g/mol. The Balaban J connectivity index is 2.09. The standard InChI is InChI=1S/C14H21BO4/c1-13(2)9-12(14(3,4)19-13)18-11-7-5-10(6-8-11)15(16)17/h5-8,12,16-17H,9H2,1-4H3. The summed E-state index contributed by atoms with van der Waals surface area (Å²) in [6.45, 7) is 8.17. The van der Waals surface area contributed by atoms with Gasteiger partial charge >= 0.3 is 7.12 Å². The summed E-state index contributed by atoms with van der Waals surface area (Å²) in [6.07, 6.45) is 0.803. The molecule has 0 aliphatic carbocycles. The van der Waals surface area contributed by atoms with Crippen LogP contribution in [-0.2, 0) is 4.74 Å². The highest BCUT2D eigenvalue weighted by Gasteiger charge is 2.47. The van der Waals surface area contributed by atoms with E-state index in [0.29, 0.717) is 11.2 Å². The Hall–Kier alpha value is -1.04. The van der Waals surface area contributed by atoms with Crippen molar-refractivity contribution in [2.45, 2.75) is 51.4 Å². The number of rotatable bonds is 3. The number of ether oxygens (including phenoxy) is 2. The molecular weight excluding hydrogens is 243 g/mol. The van der Waals surface area contributed by atoms with Gasteiger partial charge in [0.1, 0.15) is 17.5 Å². The first-order valence-electron chi connectivity index (χ1n) is 6.52. The molecule has 1 aromatic rings. The third-order valence-corrected chi connectivity index (χ3v) is 3.45. The van der Waals surface area contributed by atoms with Crippen LogP contribution in [0.4, 0.5) is 0 Å². The SMILES string of the molecule is CC1(C)CC(Oc2ccc(B(O)O)cc2)C(C)(C)O1. The summed E-state index contributed by atoms with van der Waals surface area (Å²) in [5.74, 6) is 0.712. The summed E-state index contributed by atoms with van der Waals surface area (Å²) in [5.41, 5.74) is -0.0664. The van der Waals surface area contributed by atoms with Gasteiger partial charge in [-0.15, -0.1) is 0 Å². The zero-order valence-corrected chi connectivity index (χ0v) is 11.9. The summed E-state index contributed by atoms with van der Waals surface area (Å²) >= 11 is 0. The van der Waals surface area contributed by atoms with Crippen molar-refractivity contribution in [3.8, 4) is 5.75 Å². The highest BCUT2D eigenvalue weighted by molar-refractivity contribution is 6.58. The molecule has 5 heteroatoms. The smallest absolute Gasteiger partial charge is 0.487 e. The van der Waals surface area contributed by atoms with Crippen molar-refractivity contribution in [2.24, 2.45) is 0 Å². The molecule has 1 aromatic carbocycles. The largest absolute Gasteiger partial charge is 0.488 e. The van der Waals surface area contributed by atoms with Gasteiger partial charge in [0.2, 0.25) is 0 Å². The van der Waals surface area contributed by atoms with Crippen molar-refractivity contribution in [2.75, 3.05) is 0 Å². The predicted octanol–water partition coefficient (Wildman–Crippen LogP) is 1.09. The molecule has 1 saturated heterocycles. The molecule has 1 aliphatic heterocycles. The summed E-state index contributed by atoms with van der Waals surface area (Å²) in [5, 5.41) is 18.1. The van der Waals surface area contributed by atoms with E-state index in [2.05, 4.69) is 13.8 Å². The number of benzene rings is 1. The molecule has 0 amide bonds. The fourth-order valence-corrected chi connectivity index (χ4v) is 2.58. The Bertz CT molecular complexity index is 439. The Kier molecular flexibility index (Phi) is 3.64. The van der Waals surface area contributed by atoms with Crippen LogP contribution < -0.4 is 10.2 Å². The van der Waals surface area contributed by atoms with E-state index in [-0.39, 0.29) is 17.3 Å². The Morgan fingerprint density at radius 1 is 1.16 bits per heavy atom. The Morgan fingerprint density at radius 3 is 2.16 bits per heavy atom.